The molecule has 4 heterocycles. The van der Waals surface area contributed by atoms with E-state index in [1.165, 1.54) is 17.2 Å². The Morgan fingerprint density at radius 3 is 2.59 bits per heavy atom. The second-order valence-corrected chi connectivity index (χ2v) is 7.78. The lowest BCUT2D eigenvalue weighted by Crippen LogP contribution is -2.43. The summed E-state index contributed by atoms with van der Waals surface area (Å²) in [5, 5.41) is 9.01. The maximum Gasteiger partial charge on any atom is 0.410 e. The van der Waals surface area contributed by atoms with Crippen molar-refractivity contribution in [1.82, 2.24) is 24.5 Å². The van der Waals surface area contributed by atoms with Crippen molar-refractivity contribution in [2.45, 2.75) is 32.5 Å². The fourth-order valence-electron chi connectivity index (χ4n) is 4.23. The summed E-state index contributed by atoms with van der Waals surface area (Å²) in [6.07, 6.45) is -3.42. The van der Waals surface area contributed by atoms with Crippen LogP contribution in [0, 0.1) is 13.8 Å². The molecule has 0 unspecified atom stereocenters. The molecule has 0 saturated carbocycles. The Labute approximate surface area is 181 Å². The second kappa shape index (κ2) is 7.18. The second-order valence-electron chi connectivity index (χ2n) is 7.78. The smallest absolute Gasteiger partial charge is 0.293 e. The van der Waals surface area contributed by atoms with E-state index in [-0.39, 0.29) is 18.8 Å². The van der Waals surface area contributed by atoms with Gasteiger partial charge in [-0.15, -0.1) is 0 Å². The van der Waals surface area contributed by atoms with E-state index in [1.807, 2.05) is 30.3 Å². The number of alkyl halides is 3. The zero-order valence-electron chi connectivity index (χ0n) is 17.3. The zero-order valence-corrected chi connectivity index (χ0v) is 17.3. The lowest BCUT2D eigenvalue weighted by Gasteiger charge is -2.34. The highest BCUT2D eigenvalue weighted by Crippen LogP contribution is 2.39. The number of nitrogens with zero attached hydrogens (tertiary/aromatic N) is 6. The number of hydrogen-bond donors (Lipinski definition) is 0. The number of pyridine rings is 1. The number of para-hydroxylation sites is 1. The summed E-state index contributed by atoms with van der Waals surface area (Å²) in [6.45, 7) is 3.49. The minimum absolute atomic E-state index is 0.0660. The summed E-state index contributed by atoms with van der Waals surface area (Å²) in [5.41, 5.74) is 2.89. The number of rotatable bonds is 2. The Kier molecular flexibility index (Phi) is 4.54. The minimum atomic E-state index is -4.44. The number of carbonyl (C=O) groups excluding carboxylic acids is 1. The Balaban J connectivity index is 1.63. The molecule has 32 heavy (non-hydrogen) atoms. The SMILES string of the molecule is Cc1cc(C(=O)N2CC[C@H](C(F)(F)F)n3nccc32)c2c(C)nn(-c3ccccc3)c2n1. The summed E-state index contributed by atoms with van der Waals surface area (Å²) >= 11 is 0. The van der Waals surface area contributed by atoms with E-state index in [2.05, 4.69) is 15.2 Å². The molecule has 0 N–H and O–H groups in total. The molecule has 10 heteroatoms. The quantitative estimate of drug-likeness (QED) is 0.464. The molecule has 5 rings (SSSR count). The molecule has 0 bridgehead atoms. The summed E-state index contributed by atoms with van der Waals surface area (Å²) in [4.78, 5) is 19.6. The molecule has 0 radical (unpaired) electrons. The molecule has 0 fully saturated rings. The van der Waals surface area contributed by atoms with Crippen molar-refractivity contribution in [3.05, 3.63) is 65.6 Å². The molecule has 7 nitrogen and oxygen atoms in total. The van der Waals surface area contributed by atoms with E-state index in [0.29, 0.717) is 28.0 Å². The first kappa shape index (κ1) is 20.2. The van der Waals surface area contributed by atoms with Crippen molar-refractivity contribution in [2.24, 2.45) is 0 Å². The van der Waals surface area contributed by atoms with Crippen molar-refractivity contribution >= 4 is 22.8 Å². The lowest BCUT2D eigenvalue weighted by molar-refractivity contribution is -0.172. The number of hydrogen-bond acceptors (Lipinski definition) is 4. The highest BCUT2D eigenvalue weighted by molar-refractivity contribution is 6.13. The Morgan fingerprint density at radius 1 is 1.12 bits per heavy atom. The van der Waals surface area contributed by atoms with Gasteiger partial charge >= 0.3 is 6.18 Å². The molecule has 0 spiro atoms. The van der Waals surface area contributed by atoms with Gasteiger partial charge in [0.2, 0.25) is 0 Å². The van der Waals surface area contributed by atoms with E-state index in [9.17, 15) is 18.0 Å². The monoisotopic (exact) mass is 440 g/mol. The normalized spacial score (nSPS) is 16.4. The first-order valence-corrected chi connectivity index (χ1v) is 10.1. The number of fused-ring (bicyclic) bond motifs is 2. The highest BCUT2D eigenvalue weighted by Gasteiger charge is 2.46. The maximum atomic E-state index is 13.6. The highest BCUT2D eigenvalue weighted by atomic mass is 19.4. The summed E-state index contributed by atoms with van der Waals surface area (Å²) in [6, 6.07) is 10.8. The van der Waals surface area contributed by atoms with Crippen LogP contribution in [0.15, 0.2) is 48.7 Å². The van der Waals surface area contributed by atoms with Crippen LogP contribution in [-0.2, 0) is 0 Å². The van der Waals surface area contributed by atoms with Crippen LogP contribution in [-0.4, -0.2) is 43.2 Å². The molecule has 164 valence electrons. The van der Waals surface area contributed by atoms with Gasteiger partial charge < -0.3 is 0 Å². The van der Waals surface area contributed by atoms with Crippen LogP contribution < -0.4 is 4.90 Å². The van der Waals surface area contributed by atoms with Gasteiger partial charge in [-0.25, -0.2) is 14.3 Å². The molecule has 1 atom stereocenters. The first-order chi connectivity index (χ1) is 15.3. The third-order valence-corrected chi connectivity index (χ3v) is 5.64. The van der Waals surface area contributed by atoms with Crippen LogP contribution in [0.25, 0.3) is 16.7 Å². The van der Waals surface area contributed by atoms with Crippen LogP contribution in [0.5, 0.6) is 0 Å². The Bertz CT molecular complexity index is 1320. The van der Waals surface area contributed by atoms with Crippen molar-refractivity contribution < 1.29 is 18.0 Å². The van der Waals surface area contributed by atoms with E-state index in [1.54, 1.807) is 24.6 Å². The largest absolute Gasteiger partial charge is 0.410 e. The average molecular weight is 440 g/mol. The number of aryl methyl sites for hydroxylation is 2. The summed E-state index contributed by atoms with van der Waals surface area (Å²) in [5.74, 6) is -0.280. The zero-order chi connectivity index (χ0) is 22.6. The standard InChI is InChI=1S/C22H19F3N6O/c1-13-12-16(19-14(2)28-30(20(19)27-13)15-6-4-3-5-7-15)21(32)29-11-9-17(22(23,24)25)31-18(29)8-10-26-31/h3-8,10,12,17H,9,11H2,1-2H3/t17-/m1/s1. The Morgan fingerprint density at radius 2 is 1.88 bits per heavy atom. The van der Waals surface area contributed by atoms with Crippen molar-refractivity contribution in [2.75, 3.05) is 11.4 Å². The molecule has 0 saturated heterocycles. The number of aromatic nitrogens is 5. The number of anilines is 1. The number of amides is 1. The van der Waals surface area contributed by atoms with Gasteiger partial charge in [0.25, 0.3) is 5.91 Å². The van der Waals surface area contributed by atoms with Crippen molar-refractivity contribution in [3.63, 3.8) is 0 Å². The molecular formula is C22H19F3N6O. The van der Waals surface area contributed by atoms with Crippen molar-refractivity contribution in [1.29, 1.82) is 0 Å². The van der Waals surface area contributed by atoms with Crippen LogP contribution in [0.1, 0.15) is 34.2 Å². The maximum absolute atomic E-state index is 13.6. The van der Waals surface area contributed by atoms with Gasteiger partial charge in [-0.1, -0.05) is 18.2 Å². The molecule has 1 aromatic carbocycles. The number of carbonyl (C=O) groups is 1. The minimum Gasteiger partial charge on any atom is -0.293 e. The topological polar surface area (TPSA) is 68.8 Å². The van der Waals surface area contributed by atoms with Gasteiger partial charge in [0.1, 0.15) is 5.82 Å². The predicted molar refractivity (Wildman–Crippen MR) is 112 cm³/mol. The van der Waals surface area contributed by atoms with Gasteiger partial charge in [0.15, 0.2) is 11.7 Å². The summed E-state index contributed by atoms with van der Waals surface area (Å²) < 4.78 is 42.9. The van der Waals surface area contributed by atoms with Gasteiger partial charge in [0.05, 0.1) is 28.5 Å². The molecular weight excluding hydrogens is 421 g/mol. The summed E-state index contributed by atoms with van der Waals surface area (Å²) in [7, 11) is 0. The van der Waals surface area contributed by atoms with E-state index in [4.69, 9.17) is 0 Å². The van der Waals surface area contributed by atoms with Gasteiger partial charge in [-0.05, 0) is 38.5 Å². The molecule has 1 aliphatic rings. The third kappa shape index (κ3) is 3.14. The molecule has 3 aromatic heterocycles. The fourth-order valence-corrected chi connectivity index (χ4v) is 4.23. The fraction of sp³-hybridized carbons (Fsp3) is 0.273. The third-order valence-electron chi connectivity index (χ3n) is 5.64. The molecule has 1 amide bonds. The lowest BCUT2D eigenvalue weighted by atomic mass is 10.1. The van der Waals surface area contributed by atoms with E-state index < -0.39 is 18.1 Å². The van der Waals surface area contributed by atoms with Gasteiger partial charge in [-0.2, -0.15) is 23.4 Å². The first-order valence-electron chi connectivity index (χ1n) is 10.1. The van der Waals surface area contributed by atoms with Crippen molar-refractivity contribution in [3.8, 4) is 5.69 Å². The molecule has 1 aliphatic heterocycles. The molecule has 4 aromatic rings. The van der Waals surface area contributed by atoms with Crippen LogP contribution in [0.2, 0.25) is 0 Å². The predicted octanol–water partition coefficient (Wildman–Crippen LogP) is 4.39. The average Bonchev–Trinajstić information content (AvgIpc) is 3.37. The van der Waals surface area contributed by atoms with Crippen LogP contribution in [0.4, 0.5) is 19.0 Å². The van der Waals surface area contributed by atoms with E-state index in [0.717, 1.165) is 10.4 Å². The van der Waals surface area contributed by atoms with E-state index >= 15 is 0 Å². The number of benzene rings is 1. The number of halogens is 3. The van der Waals surface area contributed by atoms with Crippen LogP contribution >= 0.6 is 0 Å². The van der Waals surface area contributed by atoms with Crippen LogP contribution in [0.3, 0.4) is 0 Å². The van der Waals surface area contributed by atoms with Gasteiger partial charge in [0, 0.05) is 18.3 Å². The van der Waals surface area contributed by atoms with Gasteiger partial charge in [-0.3, -0.25) is 9.69 Å². The molecule has 0 aliphatic carbocycles. The Hall–Kier alpha value is -3.69.